The van der Waals surface area contributed by atoms with E-state index < -0.39 is 0 Å². The molecule has 3 nitrogen and oxygen atoms in total. The van der Waals surface area contributed by atoms with Crippen LogP contribution in [0.2, 0.25) is 10.0 Å². The summed E-state index contributed by atoms with van der Waals surface area (Å²) in [6.45, 7) is 3.23. The predicted octanol–water partition coefficient (Wildman–Crippen LogP) is 4.22. The molecule has 0 aliphatic heterocycles. The standard InChI is InChI=1S/C18H22Cl2N2O/c1-22(2)9-8-21-12-14-4-3-5-17(10-14)23-13-15-6-7-16(19)11-18(15)20/h3-7,10-11,21H,8-9,12-13H2,1-2H3. The molecule has 1 N–H and O–H groups in total. The molecule has 0 unspecified atom stereocenters. The molecule has 0 spiro atoms. The first-order chi connectivity index (χ1) is 11.0. The number of ether oxygens (including phenoxy) is 1. The van der Waals surface area contributed by atoms with E-state index in [9.17, 15) is 0 Å². The van der Waals surface area contributed by atoms with E-state index in [1.54, 1.807) is 6.07 Å². The van der Waals surface area contributed by atoms with E-state index in [-0.39, 0.29) is 0 Å². The second-order valence-electron chi connectivity index (χ2n) is 5.65. The van der Waals surface area contributed by atoms with E-state index in [1.807, 2.05) is 30.3 Å². The molecule has 0 heterocycles. The van der Waals surface area contributed by atoms with Crippen molar-refractivity contribution in [2.24, 2.45) is 0 Å². The minimum absolute atomic E-state index is 0.424. The zero-order valence-corrected chi connectivity index (χ0v) is 15.0. The number of hydrogen-bond donors (Lipinski definition) is 1. The number of nitrogens with one attached hydrogen (secondary N) is 1. The molecule has 0 aliphatic rings. The van der Waals surface area contributed by atoms with Crippen molar-refractivity contribution in [2.75, 3.05) is 27.2 Å². The van der Waals surface area contributed by atoms with Gasteiger partial charge in [0.2, 0.25) is 0 Å². The van der Waals surface area contributed by atoms with Gasteiger partial charge in [0.05, 0.1) is 0 Å². The molecule has 0 radical (unpaired) electrons. The quantitative estimate of drug-likeness (QED) is 0.719. The SMILES string of the molecule is CN(C)CCNCc1cccc(OCc2ccc(Cl)cc2Cl)c1. The average molecular weight is 353 g/mol. The van der Waals surface area contributed by atoms with Gasteiger partial charge in [-0.15, -0.1) is 0 Å². The fraction of sp³-hybridized carbons (Fsp3) is 0.333. The molecular weight excluding hydrogens is 331 g/mol. The normalized spacial score (nSPS) is 11.0. The first kappa shape index (κ1) is 18.1. The van der Waals surface area contributed by atoms with Crippen molar-refractivity contribution in [1.29, 1.82) is 0 Å². The zero-order chi connectivity index (χ0) is 16.7. The van der Waals surface area contributed by atoms with Crippen molar-refractivity contribution >= 4 is 23.2 Å². The number of rotatable bonds is 8. The van der Waals surface area contributed by atoms with Crippen LogP contribution in [0.25, 0.3) is 0 Å². The summed E-state index contributed by atoms with van der Waals surface area (Å²) < 4.78 is 5.83. The Balaban J connectivity index is 1.87. The molecule has 23 heavy (non-hydrogen) atoms. The van der Waals surface area contributed by atoms with Crippen LogP contribution in [0.4, 0.5) is 0 Å². The highest BCUT2D eigenvalue weighted by Gasteiger charge is 2.03. The third kappa shape index (κ3) is 6.40. The van der Waals surface area contributed by atoms with Gasteiger partial charge in [-0.3, -0.25) is 0 Å². The number of hydrogen-bond acceptors (Lipinski definition) is 3. The summed E-state index contributed by atoms with van der Waals surface area (Å²) >= 11 is 12.1. The van der Waals surface area contributed by atoms with Gasteiger partial charge in [-0.25, -0.2) is 0 Å². The van der Waals surface area contributed by atoms with Crippen LogP contribution in [-0.2, 0) is 13.2 Å². The second kappa shape index (κ2) is 9.14. The van der Waals surface area contributed by atoms with Crippen LogP contribution in [0, 0.1) is 0 Å². The van der Waals surface area contributed by atoms with Gasteiger partial charge in [-0.1, -0.05) is 41.4 Å². The van der Waals surface area contributed by atoms with Gasteiger partial charge in [-0.2, -0.15) is 0 Å². The summed E-state index contributed by atoms with van der Waals surface area (Å²) in [7, 11) is 4.13. The Bertz CT molecular complexity index is 632. The molecule has 0 fully saturated rings. The van der Waals surface area contributed by atoms with Crippen molar-refractivity contribution in [3.05, 3.63) is 63.6 Å². The Hall–Kier alpha value is -1.26. The van der Waals surface area contributed by atoms with E-state index in [2.05, 4.69) is 30.4 Å². The van der Waals surface area contributed by atoms with Crippen LogP contribution in [-0.4, -0.2) is 32.1 Å². The van der Waals surface area contributed by atoms with Crippen LogP contribution in [0.3, 0.4) is 0 Å². The molecule has 0 bridgehead atoms. The molecule has 0 saturated heterocycles. The smallest absolute Gasteiger partial charge is 0.120 e. The number of nitrogens with zero attached hydrogens (tertiary/aromatic N) is 1. The van der Waals surface area contributed by atoms with E-state index in [0.29, 0.717) is 16.7 Å². The Kier molecular flexibility index (Phi) is 7.18. The molecule has 124 valence electrons. The Morgan fingerprint density at radius 2 is 1.91 bits per heavy atom. The Morgan fingerprint density at radius 3 is 2.65 bits per heavy atom. The molecule has 2 aromatic rings. The topological polar surface area (TPSA) is 24.5 Å². The molecule has 0 atom stereocenters. The van der Waals surface area contributed by atoms with Crippen LogP contribution in [0.5, 0.6) is 5.75 Å². The largest absolute Gasteiger partial charge is 0.489 e. The van der Waals surface area contributed by atoms with Gasteiger partial charge in [0.25, 0.3) is 0 Å². The maximum absolute atomic E-state index is 6.16. The van der Waals surface area contributed by atoms with Crippen molar-refractivity contribution in [1.82, 2.24) is 10.2 Å². The van der Waals surface area contributed by atoms with Crippen LogP contribution >= 0.6 is 23.2 Å². The highest BCUT2D eigenvalue weighted by atomic mass is 35.5. The molecule has 0 saturated carbocycles. The van der Waals surface area contributed by atoms with E-state index >= 15 is 0 Å². The summed E-state index contributed by atoms with van der Waals surface area (Å²) in [6.07, 6.45) is 0. The van der Waals surface area contributed by atoms with Crippen LogP contribution in [0.1, 0.15) is 11.1 Å². The summed E-state index contributed by atoms with van der Waals surface area (Å²) in [6, 6.07) is 13.5. The van der Waals surface area contributed by atoms with Gasteiger partial charge in [-0.05, 0) is 43.9 Å². The third-order valence-corrected chi connectivity index (χ3v) is 3.96. The lowest BCUT2D eigenvalue weighted by Crippen LogP contribution is -2.26. The first-order valence-corrected chi connectivity index (χ1v) is 8.31. The van der Waals surface area contributed by atoms with E-state index in [4.69, 9.17) is 27.9 Å². The molecule has 0 amide bonds. The van der Waals surface area contributed by atoms with Crippen LogP contribution < -0.4 is 10.1 Å². The lowest BCUT2D eigenvalue weighted by atomic mass is 10.2. The van der Waals surface area contributed by atoms with Crippen molar-refractivity contribution < 1.29 is 4.74 Å². The second-order valence-corrected chi connectivity index (χ2v) is 6.50. The highest BCUT2D eigenvalue weighted by molar-refractivity contribution is 6.35. The maximum Gasteiger partial charge on any atom is 0.120 e. The molecule has 2 aromatic carbocycles. The maximum atomic E-state index is 6.16. The van der Waals surface area contributed by atoms with Gasteiger partial charge < -0.3 is 15.0 Å². The third-order valence-electron chi connectivity index (χ3n) is 3.37. The molecule has 5 heteroatoms. The lowest BCUT2D eigenvalue weighted by Gasteiger charge is -2.12. The van der Waals surface area contributed by atoms with Gasteiger partial charge in [0.15, 0.2) is 0 Å². The molecule has 0 aliphatic carbocycles. The molecule has 2 rings (SSSR count). The highest BCUT2D eigenvalue weighted by Crippen LogP contribution is 2.23. The van der Waals surface area contributed by atoms with Gasteiger partial charge >= 0.3 is 0 Å². The van der Waals surface area contributed by atoms with E-state index in [0.717, 1.165) is 30.9 Å². The van der Waals surface area contributed by atoms with Crippen molar-refractivity contribution in [3.8, 4) is 5.75 Å². The van der Waals surface area contributed by atoms with Crippen LogP contribution in [0.15, 0.2) is 42.5 Å². The van der Waals surface area contributed by atoms with E-state index in [1.165, 1.54) is 5.56 Å². The molecular formula is C18H22Cl2N2O. The summed E-state index contributed by atoms with van der Waals surface area (Å²) in [4.78, 5) is 2.16. The number of halogens is 2. The zero-order valence-electron chi connectivity index (χ0n) is 13.5. The predicted molar refractivity (Wildman–Crippen MR) is 97.5 cm³/mol. The minimum Gasteiger partial charge on any atom is -0.489 e. The molecule has 0 aromatic heterocycles. The summed E-state index contributed by atoms with van der Waals surface area (Å²) in [5.74, 6) is 0.836. The monoisotopic (exact) mass is 352 g/mol. The minimum atomic E-state index is 0.424. The lowest BCUT2D eigenvalue weighted by molar-refractivity contribution is 0.306. The fourth-order valence-electron chi connectivity index (χ4n) is 2.08. The Labute approximate surface area is 148 Å². The number of likely N-dealkylation sites (N-methyl/N-ethyl adjacent to an activating group) is 1. The van der Waals surface area contributed by atoms with Gasteiger partial charge in [0, 0.05) is 35.2 Å². The summed E-state index contributed by atoms with van der Waals surface area (Å²) in [5, 5.41) is 4.67. The Morgan fingerprint density at radius 1 is 1.09 bits per heavy atom. The summed E-state index contributed by atoms with van der Waals surface area (Å²) in [5.41, 5.74) is 2.12. The van der Waals surface area contributed by atoms with Gasteiger partial charge in [0.1, 0.15) is 12.4 Å². The fourth-order valence-corrected chi connectivity index (χ4v) is 2.54. The number of benzene rings is 2. The van der Waals surface area contributed by atoms with Crippen molar-refractivity contribution in [3.63, 3.8) is 0 Å². The first-order valence-electron chi connectivity index (χ1n) is 7.56. The van der Waals surface area contributed by atoms with Crippen molar-refractivity contribution in [2.45, 2.75) is 13.2 Å². The average Bonchev–Trinajstić information content (AvgIpc) is 2.51.